The zero-order chi connectivity index (χ0) is 19.5. The van der Waals surface area contributed by atoms with Crippen LogP contribution in [0.5, 0.6) is 5.75 Å². The number of benzene rings is 1. The number of carbonyl (C=O) groups excluding carboxylic acids is 1. The molecule has 0 radical (unpaired) electrons. The van der Waals surface area contributed by atoms with Gasteiger partial charge in [0, 0.05) is 24.5 Å². The lowest BCUT2D eigenvalue weighted by molar-refractivity contribution is -0.131. The Kier molecular flexibility index (Phi) is 5.10. The fourth-order valence-electron chi connectivity index (χ4n) is 3.93. The van der Waals surface area contributed by atoms with Gasteiger partial charge in [0.05, 0.1) is 31.5 Å². The number of aromatic amines is 1. The highest BCUT2D eigenvalue weighted by Crippen LogP contribution is 2.37. The number of aryl methyl sites for hydroxylation is 1. The largest absolute Gasteiger partial charge is 0.497 e. The molecule has 1 aromatic carbocycles. The van der Waals surface area contributed by atoms with Crippen LogP contribution in [0, 0.1) is 6.92 Å². The summed E-state index contributed by atoms with van der Waals surface area (Å²) in [5, 5.41) is 7.44. The molecule has 3 heterocycles. The number of aromatic nitrogens is 3. The van der Waals surface area contributed by atoms with Crippen LogP contribution in [0.2, 0.25) is 0 Å². The topological polar surface area (TPSA) is 71.1 Å². The number of nitrogens with one attached hydrogen (secondary N) is 1. The fraction of sp³-hybridized carbons (Fsp3) is 0.318. The van der Waals surface area contributed by atoms with E-state index in [2.05, 4.69) is 15.2 Å². The van der Waals surface area contributed by atoms with Gasteiger partial charge in [-0.15, -0.1) is 0 Å². The molecule has 0 aliphatic carbocycles. The highest BCUT2D eigenvalue weighted by atomic mass is 16.5. The maximum Gasteiger partial charge on any atom is 0.227 e. The van der Waals surface area contributed by atoms with E-state index in [0.717, 1.165) is 53.1 Å². The highest BCUT2D eigenvalue weighted by molar-refractivity contribution is 5.80. The van der Waals surface area contributed by atoms with Crippen LogP contribution in [0.4, 0.5) is 0 Å². The number of amides is 1. The monoisotopic (exact) mass is 376 g/mol. The van der Waals surface area contributed by atoms with Crippen LogP contribution in [-0.4, -0.2) is 39.6 Å². The van der Waals surface area contributed by atoms with Gasteiger partial charge in [0.1, 0.15) is 5.75 Å². The van der Waals surface area contributed by atoms with Gasteiger partial charge in [-0.3, -0.25) is 14.9 Å². The summed E-state index contributed by atoms with van der Waals surface area (Å²) in [6.45, 7) is 2.81. The number of hydrogen-bond acceptors (Lipinski definition) is 4. The number of ether oxygens (including phenoxy) is 1. The van der Waals surface area contributed by atoms with Gasteiger partial charge in [-0.05, 0) is 54.7 Å². The molecule has 0 saturated carbocycles. The third-order valence-electron chi connectivity index (χ3n) is 5.40. The van der Waals surface area contributed by atoms with Crippen LogP contribution < -0.4 is 4.74 Å². The van der Waals surface area contributed by atoms with Gasteiger partial charge in [0.2, 0.25) is 5.91 Å². The minimum absolute atomic E-state index is 0.0239. The Morgan fingerprint density at radius 3 is 2.79 bits per heavy atom. The molecule has 6 nitrogen and oxygen atoms in total. The van der Waals surface area contributed by atoms with Crippen molar-refractivity contribution in [3.05, 3.63) is 65.7 Å². The zero-order valence-electron chi connectivity index (χ0n) is 16.2. The second kappa shape index (κ2) is 7.84. The van der Waals surface area contributed by atoms with Crippen molar-refractivity contribution in [1.82, 2.24) is 20.1 Å². The standard InChI is InChI=1S/C22H24N4O2/c1-15-13-23-10-9-18(15)19-14-24-25-22(19)20-4-3-11-26(20)21(27)12-16-5-7-17(28-2)8-6-16/h5-10,13-14,20H,3-4,11-12H2,1-2H3,(H,24,25). The van der Waals surface area contributed by atoms with Crippen molar-refractivity contribution in [2.45, 2.75) is 32.2 Å². The molecule has 1 unspecified atom stereocenters. The molecule has 1 atom stereocenters. The second-order valence-electron chi connectivity index (χ2n) is 7.16. The minimum Gasteiger partial charge on any atom is -0.497 e. The average Bonchev–Trinajstić information content (AvgIpc) is 3.38. The Balaban J connectivity index is 1.56. The van der Waals surface area contributed by atoms with E-state index in [-0.39, 0.29) is 11.9 Å². The molecule has 1 fully saturated rings. The second-order valence-corrected chi connectivity index (χ2v) is 7.16. The first kappa shape index (κ1) is 18.2. The number of rotatable bonds is 5. The molecule has 1 N–H and O–H groups in total. The third-order valence-corrected chi connectivity index (χ3v) is 5.40. The summed E-state index contributed by atoms with van der Waals surface area (Å²) in [5.41, 5.74) is 5.25. The predicted octanol–water partition coefficient (Wildman–Crippen LogP) is 3.69. The van der Waals surface area contributed by atoms with E-state index in [1.807, 2.05) is 54.5 Å². The molecule has 0 bridgehead atoms. The van der Waals surface area contributed by atoms with Gasteiger partial charge in [-0.1, -0.05) is 12.1 Å². The van der Waals surface area contributed by atoms with Crippen molar-refractivity contribution in [2.24, 2.45) is 0 Å². The molecule has 1 aliphatic rings. The molecule has 1 saturated heterocycles. The summed E-state index contributed by atoms with van der Waals surface area (Å²) in [4.78, 5) is 19.2. The van der Waals surface area contributed by atoms with E-state index >= 15 is 0 Å². The molecular weight excluding hydrogens is 352 g/mol. The molecule has 144 valence electrons. The predicted molar refractivity (Wildman–Crippen MR) is 107 cm³/mol. The van der Waals surface area contributed by atoms with Gasteiger partial charge in [0.15, 0.2) is 0 Å². The van der Waals surface area contributed by atoms with Crippen molar-refractivity contribution in [3.63, 3.8) is 0 Å². The normalized spacial score (nSPS) is 16.4. The van der Waals surface area contributed by atoms with E-state index in [9.17, 15) is 4.79 Å². The summed E-state index contributed by atoms with van der Waals surface area (Å²) in [6.07, 6.45) is 7.81. The summed E-state index contributed by atoms with van der Waals surface area (Å²) in [7, 11) is 1.64. The van der Waals surface area contributed by atoms with Crippen LogP contribution in [0.1, 0.15) is 35.7 Å². The molecule has 1 aliphatic heterocycles. The van der Waals surface area contributed by atoms with Crippen LogP contribution >= 0.6 is 0 Å². The van der Waals surface area contributed by atoms with Crippen molar-refractivity contribution < 1.29 is 9.53 Å². The Hall–Kier alpha value is -3.15. The Bertz CT molecular complexity index is 965. The first-order valence-electron chi connectivity index (χ1n) is 9.54. The SMILES string of the molecule is COc1ccc(CC(=O)N2CCCC2c2[nH]ncc2-c2ccncc2C)cc1. The Labute approximate surface area is 164 Å². The van der Waals surface area contributed by atoms with Gasteiger partial charge in [-0.25, -0.2) is 0 Å². The fourth-order valence-corrected chi connectivity index (χ4v) is 3.93. The van der Waals surface area contributed by atoms with Crippen LogP contribution in [-0.2, 0) is 11.2 Å². The van der Waals surface area contributed by atoms with Crippen LogP contribution in [0.3, 0.4) is 0 Å². The van der Waals surface area contributed by atoms with E-state index < -0.39 is 0 Å². The number of likely N-dealkylation sites (tertiary alicyclic amines) is 1. The van der Waals surface area contributed by atoms with Crippen LogP contribution in [0.15, 0.2) is 48.9 Å². The van der Waals surface area contributed by atoms with E-state index in [1.54, 1.807) is 13.3 Å². The number of hydrogen-bond donors (Lipinski definition) is 1. The van der Waals surface area contributed by atoms with Gasteiger partial charge in [-0.2, -0.15) is 5.10 Å². The molecule has 28 heavy (non-hydrogen) atoms. The molecule has 0 spiro atoms. The van der Waals surface area contributed by atoms with Crippen molar-refractivity contribution in [1.29, 1.82) is 0 Å². The maximum atomic E-state index is 13.0. The zero-order valence-corrected chi connectivity index (χ0v) is 16.2. The highest BCUT2D eigenvalue weighted by Gasteiger charge is 2.32. The number of pyridine rings is 1. The molecule has 6 heteroatoms. The summed E-state index contributed by atoms with van der Waals surface area (Å²) >= 11 is 0. The summed E-state index contributed by atoms with van der Waals surface area (Å²) in [6, 6.07) is 9.71. The molecular formula is C22H24N4O2. The van der Waals surface area contributed by atoms with Crippen molar-refractivity contribution >= 4 is 5.91 Å². The van der Waals surface area contributed by atoms with Crippen LogP contribution in [0.25, 0.3) is 11.1 Å². The number of nitrogens with zero attached hydrogens (tertiary/aromatic N) is 3. The first-order chi connectivity index (χ1) is 13.7. The quantitative estimate of drug-likeness (QED) is 0.737. The first-order valence-corrected chi connectivity index (χ1v) is 9.54. The van der Waals surface area contributed by atoms with E-state index in [0.29, 0.717) is 6.42 Å². The summed E-state index contributed by atoms with van der Waals surface area (Å²) < 4.78 is 5.19. The molecule has 3 aromatic rings. The van der Waals surface area contributed by atoms with E-state index in [1.165, 1.54) is 0 Å². The van der Waals surface area contributed by atoms with Gasteiger partial charge < -0.3 is 9.64 Å². The minimum atomic E-state index is 0.0239. The average molecular weight is 376 g/mol. The lowest BCUT2D eigenvalue weighted by Gasteiger charge is -2.25. The number of carbonyl (C=O) groups is 1. The number of H-pyrrole nitrogens is 1. The molecule has 4 rings (SSSR count). The molecule has 1 amide bonds. The van der Waals surface area contributed by atoms with Crippen molar-refractivity contribution in [2.75, 3.05) is 13.7 Å². The van der Waals surface area contributed by atoms with E-state index in [4.69, 9.17) is 4.74 Å². The Morgan fingerprint density at radius 1 is 1.21 bits per heavy atom. The third kappa shape index (κ3) is 3.50. The smallest absolute Gasteiger partial charge is 0.227 e. The number of methoxy groups -OCH3 is 1. The molecule has 2 aromatic heterocycles. The lowest BCUT2D eigenvalue weighted by Crippen LogP contribution is -2.32. The lowest BCUT2D eigenvalue weighted by atomic mass is 9.98. The summed E-state index contributed by atoms with van der Waals surface area (Å²) in [5.74, 6) is 0.935. The Morgan fingerprint density at radius 2 is 2.04 bits per heavy atom. The van der Waals surface area contributed by atoms with Crippen molar-refractivity contribution in [3.8, 4) is 16.9 Å². The van der Waals surface area contributed by atoms with Gasteiger partial charge >= 0.3 is 0 Å². The maximum absolute atomic E-state index is 13.0. The van der Waals surface area contributed by atoms with Gasteiger partial charge in [0.25, 0.3) is 0 Å².